The first-order chi connectivity index (χ1) is 17.9. The lowest BCUT2D eigenvalue weighted by atomic mass is 9.96. The summed E-state index contributed by atoms with van der Waals surface area (Å²) in [5.74, 6) is 2.54. The van der Waals surface area contributed by atoms with Crippen LogP contribution in [0, 0.1) is 13.8 Å². The first-order valence-corrected chi connectivity index (χ1v) is 13.8. The van der Waals surface area contributed by atoms with Crippen LogP contribution in [0.2, 0.25) is 0 Å². The summed E-state index contributed by atoms with van der Waals surface area (Å²) in [5.41, 5.74) is 2.85. The number of piperidine rings is 1. The number of benzene rings is 2. The third-order valence-corrected chi connectivity index (χ3v) is 8.13. The number of urea groups is 1. The molecule has 7 heteroatoms. The number of nitrogens with zero attached hydrogens (tertiary/aromatic N) is 5. The Bertz CT molecular complexity index is 1190. The molecule has 2 atom stereocenters. The number of rotatable bonds is 8. The summed E-state index contributed by atoms with van der Waals surface area (Å²) < 4.78 is 2.42. The Morgan fingerprint density at radius 3 is 2.32 bits per heavy atom. The third-order valence-electron chi connectivity index (χ3n) is 8.13. The van der Waals surface area contributed by atoms with Crippen molar-refractivity contribution in [3.8, 4) is 0 Å². The normalized spacial score (nSPS) is 21.4. The average molecular weight is 501 g/mol. The van der Waals surface area contributed by atoms with Crippen molar-refractivity contribution in [1.82, 2.24) is 19.7 Å². The number of aryl methyl sites for hydroxylation is 2. The molecule has 0 saturated carbocycles. The molecule has 1 aromatic heterocycles. The van der Waals surface area contributed by atoms with Crippen LogP contribution in [0.5, 0.6) is 0 Å². The Balaban J connectivity index is 1.24. The number of anilines is 2. The molecular weight excluding hydrogens is 460 g/mol. The van der Waals surface area contributed by atoms with E-state index in [1.807, 2.05) is 66.4 Å². The minimum Gasteiger partial charge on any atom is -0.312 e. The number of amides is 2. The molecule has 5 rings (SSSR count). The fraction of sp³-hybridized carbons (Fsp3) is 0.500. The van der Waals surface area contributed by atoms with Crippen molar-refractivity contribution in [2.45, 2.75) is 83.8 Å². The van der Waals surface area contributed by atoms with Crippen LogP contribution in [0.4, 0.5) is 16.2 Å². The molecule has 1 N–H and O–H groups in total. The van der Waals surface area contributed by atoms with Gasteiger partial charge >= 0.3 is 6.03 Å². The number of aromatic nitrogens is 3. The van der Waals surface area contributed by atoms with Gasteiger partial charge in [0.2, 0.25) is 0 Å². The largest absolute Gasteiger partial charge is 0.326 e. The predicted octanol–water partition coefficient (Wildman–Crippen LogP) is 6.32. The molecule has 2 saturated heterocycles. The summed E-state index contributed by atoms with van der Waals surface area (Å²) in [6.07, 6.45) is 5.78. The lowest BCUT2D eigenvalue weighted by Crippen LogP contribution is -2.45. The van der Waals surface area contributed by atoms with Gasteiger partial charge in [-0.3, -0.25) is 9.80 Å². The average Bonchev–Trinajstić information content (AvgIpc) is 3.39. The molecule has 2 aliphatic heterocycles. The van der Waals surface area contributed by atoms with Crippen LogP contribution in [0.15, 0.2) is 54.6 Å². The van der Waals surface area contributed by atoms with E-state index in [1.54, 1.807) is 0 Å². The molecule has 37 heavy (non-hydrogen) atoms. The van der Waals surface area contributed by atoms with E-state index < -0.39 is 0 Å². The molecule has 2 bridgehead atoms. The highest BCUT2D eigenvalue weighted by molar-refractivity contribution is 6.02. The Morgan fingerprint density at radius 1 is 0.973 bits per heavy atom. The van der Waals surface area contributed by atoms with Crippen molar-refractivity contribution in [1.29, 1.82) is 0 Å². The second-order valence-electron chi connectivity index (χ2n) is 11.0. The van der Waals surface area contributed by atoms with Crippen molar-refractivity contribution in [2.75, 3.05) is 23.3 Å². The smallest absolute Gasteiger partial charge is 0.312 e. The maximum absolute atomic E-state index is 13.4. The fourth-order valence-electron chi connectivity index (χ4n) is 6.32. The summed E-state index contributed by atoms with van der Waals surface area (Å²) in [6.45, 7) is 10.2. The minimum absolute atomic E-state index is 0.0773. The SMILES string of the molecule is Cc1ccccc1NC(=O)N(CCCN1[C@@H]2CC[C@@H]1CC(n1c(C)nnc1C(C)C)C2)c1ccccc1. The van der Waals surface area contributed by atoms with Gasteiger partial charge in [-0.05, 0) is 69.7 Å². The number of carbonyl (C=O) groups excluding carboxylic acids is 1. The van der Waals surface area contributed by atoms with E-state index in [0.717, 1.165) is 54.4 Å². The quantitative estimate of drug-likeness (QED) is 0.393. The molecular formula is C30H40N6O. The molecule has 7 nitrogen and oxygen atoms in total. The number of hydrogen-bond donors (Lipinski definition) is 1. The topological polar surface area (TPSA) is 66.3 Å². The van der Waals surface area contributed by atoms with Crippen molar-refractivity contribution in [3.05, 3.63) is 71.8 Å². The van der Waals surface area contributed by atoms with Gasteiger partial charge < -0.3 is 9.88 Å². The van der Waals surface area contributed by atoms with Gasteiger partial charge in [-0.25, -0.2) is 4.79 Å². The number of fused-ring (bicyclic) bond motifs is 2. The maximum Gasteiger partial charge on any atom is 0.326 e. The predicted molar refractivity (Wildman–Crippen MR) is 149 cm³/mol. The molecule has 3 aromatic rings. The van der Waals surface area contributed by atoms with Crippen molar-refractivity contribution in [2.24, 2.45) is 0 Å². The summed E-state index contributed by atoms with van der Waals surface area (Å²) >= 11 is 0. The fourth-order valence-corrected chi connectivity index (χ4v) is 6.32. The van der Waals surface area contributed by atoms with E-state index in [-0.39, 0.29) is 6.03 Å². The van der Waals surface area contributed by atoms with Gasteiger partial charge in [0.05, 0.1) is 0 Å². The Hall–Kier alpha value is -3.19. The highest BCUT2D eigenvalue weighted by atomic mass is 16.2. The van der Waals surface area contributed by atoms with Gasteiger partial charge in [0.1, 0.15) is 11.6 Å². The van der Waals surface area contributed by atoms with Crippen molar-refractivity contribution in [3.63, 3.8) is 0 Å². The standard InChI is InChI=1S/C30H40N6O/c1-21(2)29-33-32-23(4)36(29)27-19-25-15-16-26(20-27)34(25)17-10-18-35(24-12-6-5-7-13-24)30(37)31-28-14-9-8-11-22(28)3/h5-9,11-14,21,25-27H,10,15-20H2,1-4H3,(H,31,37)/t25-,26-/m1/s1. The van der Waals surface area contributed by atoms with Crippen molar-refractivity contribution >= 4 is 17.4 Å². The highest BCUT2D eigenvalue weighted by Crippen LogP contribution is 2.42. The summed E-state index contributed by atoms with van der Waals surface area (Å²) in [4.78, 5) is 18.0. The van der Waals surface area contributed by atoms with Crippen molar-refractivity contribution < 1.29 is 4.79 Å². The van der Waals surface area contributed by atoms with Gasteiger partial charge in [-0.15, -0.1) is 10.2 Å². The monoisotopic (exact) mass is 500 g/mol. The van der Waals surface area contributed by atoms with E-state index in [4.69, 9.17) is 0 Å². The first kappa shape index (κ1) is 25.5. The van der Waals surface area contributed by atoms with Crippen LogP contribution in [-0.2, 0) is 0 Å². The van der Waals surface area contributed by atoms with Crippen LogP contribution in [-0.4, -0.2) is 50.9 Å². The molecule has 0 aliphatic carbocycles. The number of nitrogens with one attached hydrogen (secondary N) is 1. The maximum atomic E-state index is 13.4. The number of hydrogen-bond acceptors (Lipinski definition) is 4. The molecule has 196 valence electrons. The Labute approximate surface area is 220 Å². The third kappa shape index (κ3) is 5.42. The zero-order valence-electron chi connectivity index (χ0n) is 22.6. The number of carbonyl (C=O) groups is 1. The second kappa shape index (κ2) is 11.1. The molecule has 3 heterocycles. The Kier molecular flexibility index (Phi) is 7.60. The highest BCUT2D eigenvalue weighted by Gasteiger charge is 2.42. The second-order valence-corrected chi connectivity index (χ2v) is 11.0. The van der Waals surface area contributed by atoms with E-state index >= 15 is 0 Å². The van der Waals surface area contributed by atoms with Crippen LogP contribution in [0.3, 0.4) is 0 Å². The number of para-hydroxylation sites is 2. The molecule has 0 spiro atoms. The van der Waals surface area contributed by atoms with Gasteiger partial charge in [-0.1, -0.05) is 50.2 Å². The van der Waals surface area contributed by atoms with Crippen LogP contribution in [0.25, 0.3) is 0 Å². The first-order valence-electron chi connectivity index (χ1n) is 13.8. The van der Waals surface area contributed by atoms with Crippen LogP contribution >= 0.6 is 0 Å². The van der Waals surface area contributed by atoms with Crippen LogP contribution in [0.1, 0.15) is 75.1 Å². The zero-order valence-corrected chi connectivity index (χ0v) is 22.6. The zero-order chi connectivity index (χ0) is 25.9. The van der Waals surface area contributed by atoms with Gasteiger partial charge in [0, 0.05) is 48.5 Å². The van der Waals surface area contributed by atoms with E-state index in [2.05, 4.69) is 45.8 Å². The van der Waals surface area contributed by atoms with E-state index in [1.165, 1.54) is 12.8 Å². The Morgan fingerprint density at radius 2 is 1.65 bits per heavy atom. The molecule has 0 radical (unpaired) electrons. The van der Waals surface area contributed by atoms with E-state index in [9.17, 15) is 4.79 Å². The molecule has 2 fully saturated rings. The summed E-state index contributed by atoms with van der Waals surface area (Å²) in [7, 11) is 0. The molecule has 2 aromatic carbocycles. The lowest BCUT2D eigenvalue weighted by molar-refractivity contribution is 0.104. The van der Waals surface area contributed by atoms with Gasteiger partial charge in [-0.2, -0.15) is 0 Å². The summed E-state index contributed by atoms with van der Waals surface area (Å²) in [6, 6.07) is 19.5. The van der Waals surface area contributed by atoms with E-state index in [0.29, 0.717) is 30.6 Å². The van der Waals surface area contributed by atoms with Gasteiger partial charge in [0.15, 0.2) is 0 Å². The minimum atomic E-state index is -0.0773. The molecule has 2 amide bonds. The molecule has 2 aliphatic rings. The lowest BCUT2D eigenvalue weighted by Gasteiger charge is -2.40. The molecule has 0 unspecified atom stereocenters. The van der Waals surface area contributed by atoms with Crippen LogP contribution < -0.4 is 10.2 Å². The summed E-state index contributed by atoms with van der Waals surface area (Å²) in [5, 5.41) is 12.0. The van der Waals surface area contributed by atoms with Gasteiger partial charge in [0.25, 0.3) is 0 Å².